The lowest BCUT2D eigenvalue weighted by Gasteiger charge is -2.12. The number of aryl methyl sites for hydroxylation is 1. The van der Waals surface area contributed by atoms with Gasteiger partial charge in [-0.05, 0) is 73.2 Å². The van der Waals surface area contributed by atoms with Gasteiger partial charge >= 0.3 is 5.97 Å². The molecular weight excluding hydrogens is 438 g/mol. The van der Waals surface area contributed by atoms with E-state index >= 15 is 0 Å². The van der Waals surface area contributed by atoms with E-state index < -0.39 is 0 Å². The SMILES string of the molecule is CCOC(=O)C[C@@H]1CCc2cc(OCCCOc3ccc(-c4nc(OC)cs4)cc3)ccc21. The van der Waals surface area contributed by atoms with E-state index in [0.717, 1.165) is 41.3 Å². The fourth-order valence-corrected chi connectivity index (χ4v) is 4.80. The van der Waals surface area contributed by atoms with Crippen LogP contribution in [0.5, 0.6) is 17.4 Å². The van der Waals surface area contributed by atoms with Crippen LogP contribution in [0.4, 0.5) is 0 Å². The number of thiazole rings is 1. The van der Waals surface area contributed by atoms with Crippen LogP contribution in [-0.4, -0.2) is 37.9 Å². The summed E-state index contributed by atoms with van der Waals surface area (Å²) in [5, 5.41) is 2.82. The molecule has 1 aromatic heterocycles. The molecule has 0 N–H and O–H groups in total. The molecule has 0 radical (unpaired) electrons. The second-order valence-corrected chi connectivity index (χ2v) is 8.73. The van der Waals surface area contributed by atoms with Crippen LogP contribution < -0.4 is 14.2 Å². The van der Waals surface area contributed by atoms with Gasteiger partial charge in [-0.15, -0.1) is 11.3 Å². The Hall–Kier alpha value is -3.06. The van der Waals surface area contributed by atoms with Crippen molar-refractivity contribution in [2.45, 2.75) is 38.5 Å². The van der Waals surface area contributed by atoms with Gasteiger partial charge in [-0.2, -0.15) is 0 Å². The summed E-state index contributed by atoms with van der Waals surface area (Å²) in [6, 6.07) is 14.1. The number of aromatic nitrogens is 1. The molecule has 174 valence electrons. The molecule has 1 heterocycles. The summed E-state index contributed by atoms with van der Waals surface area (Å²) < 4.78 is 22.0. The van der Waals surface area contributed by atoms with Gasteiger partial charge in [0, 0.05) is 12.0 Å². The Balaban J connectivity index is 1.19. The summed E-state index contributed by atoms with van der Waals surface area (Å²) in [6.07, 6.45) is 3.20. The quantitative estimate of drug-likeness (QED) is 0.268. The lowest BCUT2D eigenvalue weighted by atomic mass is 9.98. The summed E-state index contributed by atoms with van der Waals surface area (Å²) in [6.45, 7) is 3.44. The van der Waals surface area contributed by atoms with Gasteiger partial charge in [0.25, 0.3) is 0 Å². The number of hydrogen-bond donors (Lipinski definition) is 0. The van der Waals surface area contributed by atoms with Gasteiger partial charge in [0.1, 0.15) is 16.5 Å². The number of carbonyl (C=O) groups excluding carboxylic acids is 1. The normalized spacial score (nSPS) is 14.5. The van der Waals surface area contributed by atoms with Gasteiger partial charge < -0.3 is 18.9 Å². The summed E-state index contributed by atoms with van der Waals surface area (Å²) in [7, 11) is 1.62. The molecule has 0 fully saturated rings. The first kappa shape index (κ1) is 23.1. The highest BCUT2D eigenvalue weighted by Crippen LogP contribution is 2.37. The Morgan fingerprint density at radius 2 is 1.85 bits per heavy atom. The molecule has 6 nitrogen and oxygen atoms in total. The first-order valence-corrected chi connectivity index (χ1v) is 12.2. The van der Waals surface area contributed by atoms with Crippen molar-refractivity contribution >= 4 is 17.3 Å². The van der Waals surface area contributed by atoms with Crippen molar-refractivity contribution in [3.05, 3.63) is 59.0 Å². The molecule has 3 aromatic rings. The Morgan fingerprint density at radius 1 is 1.09 bits per heavy atom. The standard InChI is InChI=1S/C26H29NO5S/c1-3-30-25(28)16-20-6-5-19-15-22(11-12-23(19)20)32-14-4-13-31-21-9-7-18(8-10-21)26-27-24(29-2)17-33-26/h7-12,15,17,20H,3-6,13-14,16H2,1-2H3/t20-/m0/s1. The van der Waals surface area contributed by atoms with Gasteiger partial charge in [-0.3, -0.25) is 4.79 Å². The third-order valence-corrected chi connectivity index (χ3v) is 6.52. The molecule has 0 spiro atoms. The maximum Gasteiger partial charge on any atom is 0.306 e. The fraction of sp³-hybridized carbons (Fsp3) is 0.385. The Labute approximate surface area is 198 Å². The maximum absolute atomic E-state index is 11.8. The van der Waals surface area contributed by atoms with E-state index in [-0.39, 0.29) is 11.9 Å². The molecule has 0 bridgehead atoms. The van der Waals surface area contributed by atoms with Crippen LogP contribution in [-0.2, 0) is 16.0 Å². The van der Waals surface area contributed by atoms with E-state index in [2.05, 4.69) is 17.1 Å². The van der Waals surface area contributed by atoms with Gasteiger partial charge in [0.05, 0.1) is 38.7 Å². The number of fused-ring (bicyclic) bond motifs is 1. The van der Waals surface area contributed by atoms with E-state index in [9.17, 15) is 4.79 Å². The highest BCUT2D eigenvalue weighted by atomic mass is 32.1. The molecule has 0 aliphatic heterocycles. The maximum atomic E-state index is 11.8. The minimum Gasteiger partial charge on any atom is -0.493 e. The third-order valence-electron chi connectivity index (χ3n) is 5.65. The predicted molar refractivity (Wildman–Crippen MR) is 128 cm³/mol. The highest BCUT2D eigenvalue weighted by molar-refractivity contribution is 7.13. The number of hydrogen-bond acceptors (Lipinski definition) is 7. The summed E-state index contributed by atoms with van der Waals surface area (Å²) in [5.41, 5.74) is 3.56. The summed E-state index contributed by atoms with van der Waals surface area (Å²) >= 11 is 1.55. The van der Waals surface area contributed by atoms with Crippen molar-refractivity contribution in [1.82, 2.24) is 4.98 Å². The molecule has 0 unspecified atom stereocenters. The lowest BCUT2D eigenvalue weighted by molar-refractivity contribution is -0.143. The minimum absolute atomic E-state index is 0.117. The zero-order valence-electron chi connectivity index (χ0n) is 19.0. The molecule has 1 atom stereocenters. The molecule has 7 heteroatoms. The minimum atomic E-state index is -0.117. The fourth-order valence-electron chi connectivity index (χ4n) is 4.02. The topological polar surface area (TPSA) is 66.9 Å². The van der Waals surface area contributed by atoms with Crippen molar-refractivity contribution in [3.63, 3.8) is 0 Å². The van der Waals surface area contributed by atoms with Gasteiger partial charge in [0.15, 0.2) is 0 Å². The molecule has 2 aromatic carbocycles. The average Bonchev–Trinajstić information content (AvgIpc) is 3.47. The van der Waals surface area contributed by atoms with Crippen LogP contribution in [0.3, 0.4) is 0 Å². The van der Waals surface area contributed by atoms with Gasteiger partial charge in [0.2, 0.25) is 5.88 Å². The number of methoxy groups -OCH3 is 1. The lowest BCUT2D eigenvalue weighted by Crippen LogP contribution is -2.08. The van der Waals surface area contributed by atoms with Crippen LogP contribution in [0.1, 0.15) is 43.2 Å². The zero-order chi connectivity index (χ0) is 23.0. The molecular formula is C26H29NO5S. The van der Waals surface area contributed by atoms with Crippen molar-refractivity contribution < 1.29 is 23.7 Å². The number of carbonyl (C=O) groups is 1. The van der Waals surface area contributed by atoms with Gasteiger partial charge in [-0.25, -0.2) is 4.98 Å². The van der Waals surface area contributed by atoms with Crippen LogP contribution in [0, 0.1) is 0 Å². The second kappa shape index (κ2) is 11.2. The number of esters is 1. The summed E-state index contributed by atoms with van der Waals surface area (Å²) in [5.74, 6) is 2.47. The van der Waals surface area contributed by atoms with Crippen LogP contribution in [0.15, 0.2) is 47.8 Å². The van der Waals surface area contributed by atoms with Crippen molar-refractivity contribution in [1.29, 1.82) is 0 Å². The predicted octanol–water partition coefficient (Wildman–Crippen LogP) is 5.65. The number of ether oxygens (including phenoxy) is 4. The molecule has 0 amide bonds. The number of rotatable bonds is 11. The van der Waals surface area contributed by atoms with Crippen molar-refractivity contribution in [3.8, 4) is 28.0 Å². The Bertz CT molecular complexity index is 1060. The van der Waals surface area contributed by atoms with Crippen molar-refractivity contribution in [2.75, 3.05) is 26.9 Å². The van der Waals surface area contributed by atoms with Crippen molar-refractivity contribution in [2.24, 2.45) is 0 Å². The van der Waals surface area contributed by atoms with E-state index in [1.807, 2.05) is 42.6 Å². The second-order valence-electron chi connectivity index (χ2n) is 7.88. The van der Waals surface area contributed by atoms with Crippen LogP contribution in [0.2, 0.25) is 0 Å². The molecule has 4 rings (SSSR count). The molecule has 33 heavy (non-hydrogen) atoms. The highest BCUT2D eigenvalue weighted by Gasteiger charge is 2.25. The first-order chi connectivity index (χ1) is 16.2. The first-order valence-electron chi connectivity index (χ1n) is 11.3. The molecule has 0 saturated heterocycles. The van der Waals surface area contributed by atoms with E-state index in [1.54, 1.807) is 18.4 Å². The van der Waals surface area contributed by atoms with Crippen LogP contribution in [0.25, 0.3) is 10.6 Å². The monoisotopic (exact) mass is 467 g/mol. The Kier molecular flexibility index (Phi) is 7.83. The van der Waals surface area contributed by atoms with E-state index in [4.69, 9.17) is 18.9 Å². The number of nitrogens with zero attached hydrogens (tertiary/aromatic N) is 1. The zero-order valence-corrected chi connectivity index (χ0v) is 19.9. The largest absolute Gasteiger partial charge is 0.493 e. The van der Waals surface area contributed by atoms with E-state index in [1.165, 1.54) is 11.1 Å². The third kappa shape index (κ3) is 6.05. The Morgan fingerprint density at radius 3 is 2.58 bits per heavy atom. The van der Waals surface area contributed by atoms with Gasteiger partial charge in [-0.1, -0.05) is 6.07 Å². The van der Waals surface area contributed by atoms with Crippen LogP contribution >= 0.6 is 11.3 Å². The average molecular weight is 468 g/mol. The smallest absolute Gasteiger partial charge is 0.306 e. The molecule has 1 aliphatic rings. The summed E-state index contributed by atoms with van der Waals surface area (Å²) in [4.78, 5) is 16.2. The molecule has 1 aliphatic carbocycles. The molecule has 0 saturated carbocycles. The van der Waals surface area contributed by atoms with E-state index in [0.29, 0.717) is 32.1 Å². The number of benzene rings is 2.